The second kappa shape index (κ2) is 6.27. The summed E-state index contributed by atoms with van der Waals surface area (Å²) in [5.74, 6) is 0.734. The number of hydrogen-bond donors (Lipinski definition) is 2. The predicted octanol–water partition coefficient (Wildman–Crippen LogP) is 4.55. The third-order valence-electron chi connectivity index (χ3n) is 4.27. The molecule has 0 spiro atoms. The fourth-order valence-corrected chi connectivity index (χ4v) is 2.97. The van der Waals surface area contributed by atoms with E-state index in [0.717, 1.165) is 30.4 Å². The van der Waals surface area contributed by atoms with Crippen LogP contribution in [0.3, 0.4) is 0 Å². The number of phenolic OH excluding ortho intramolecular Hbond substituents is 1. The van der Waals surface area contributed by atoms with Gasteiger partial charge < -0.3 is 10.4 Å². The largest absolute Gasteiger partial charge is 0.505 e. The molecule has 1 aromatic carbocycles. The van der Waals surface area contributed by atoms with Crippen LogP contribution >= 0.6 is 0 Å². The minimum atomic E-state index is -0.557. The molecule has 3 heteroatoms. The summed E-state index contributed by atoms with van der Waals surface area (Å²) in [6, 6.07) is 4.95. The van der Waals surface area contributed by atoms with Gasteiger partial charge in [-0.05, 0) is 43.2 Å². The van der Waals surface area contributed by atoms with E-state index in [0.29, 0.717) is 6.04 Å². The monoisotopic (exact) mass is 265 g/mol. The van der Waals surface area contributed by atoms with Crippen LogP contribution in [0.15, 0.2) is 18.2 Å². The Balaban J connectivity index is 1.94. The second-order valence-corrected chi connectivity index (χ2v) is 6.02. The van der Waals surface area contributed by atoms with Crippen LogP contribution in [0.25, 0.3) is 0 Å². The number of nitrogens with one attached hydrogen (secondary N) is 1. The zero-order chi connectivity index (χ0) is 13.8. The standard InChI is InChI=1S/C16H24FNO/c1-11(2)12-4-3-5-13(7-6-12)18-14-8-9-16(19)15(17)10-14/h8-13,18-19H,3-7H2,1-2H3. The van der Waals surface area contributed by atoms with E-state index in [-0.39, 0.29) is 5.75 Å². The highest BCUT2D eigenvalue weighted by atomic mass is 19.1. The Morgan fingerprint density at radius 1 is 1.21 bits per heavy atom. The van der Waals surface area contributed by atoms with Crippen molar-refractivity contribution in [1.29, 1.82) is 0 Å². The second-order valence-electron chi connectivity index (χ2n) is 6.02. The van der Waals surface area contributed by atoms with Crippen molar-refractivity contribution < 1.29 is 9.50 Å². The topological polar surface area (TPSA) is 32.3 Å². The SMILES string of the molecule is CC(C)C1CCCC(Nc2ccc(O)c(F)c2)CC1. The Bertz CT molecular complexity index is 419. The average molecular weight is 265 g/mol. The van der Waals surface area contributed by atoms with E-state index < -0.39 is 5.82 Å². The summed E-state index contributed by atoms with van der Waals surface area (Å²) in [7, 11) is 0. The predicted molar refractivity (Wildman–Crippen MR) is 76.9 cm³/mol. The van der Waals surface area contributed by atoms with Crippen LogP contribution in [0, 0.1) is 17.7 Å². The lowest BCUT2D eigenvalue weighted by Crippen LogP contribution is -2.18. The first kappa shape index (κ1) is 14.2. The molecule has 1 fully saturated rings. The van der Waals surface area contributed by atoms with Gasteiger partial charge in [0, 0.05) is 17.8 Å². The highest BCUT2D eigenvalue weighted by Gasteiger charge is 2.21. The molecule has 0 aliphatic heterocycles. The van der Waals surface area contributed by atoms with Gasteiger partial charge in [-0.3, -0.25) is 0 Å². The molecule has 2 N–H and O–H groups in total. The maximum absolute atomic E-state index is 13.3. The molecule has 0 aromatic heterocycles. The van der Waals surface area contributed by atoms with Gasteiger partial charge in [0.1, 0.15) is 0 Å². The Hall–Kier alpha value is -1.25. The van der Waals surface area contributed by atoms with Gasteiger partial charge in [-0.2, -0.15) is 0 Å². The van der Waals surface area contributed by atoms with E-state index in [9.17, 15) is 9.50 Å². The third kappa shape index (κ3) is 3.85. The fraction of sp³-hybridized carbons (Fsp3) is 0.625. The number of halogens is 1. The van der Waals surface area contributed by atoms with Crippen LogP contribution in [0.4, 0.5) is 10.1 Å². The quantitative estimate of drug-likeness (QED) is 0.621. The first-order valence-electron chi connectivity index (χ1n) is 7.31. The van der Waals surface area contributed by atoms with Crippen LogP contribution in [-0.2, 0) is 0 Å². The first-order chi connectivity index (χ1) is 9.06. The van der Waals surface area contributed by atoms with Crippen molar-refractivity contribution in [3.05, 3.63) is 24.0 Å². The van der Waals surface area contributed by atoms with E-state index in [4.69, 9.17) is 0 Å². The van der Waals surface area contributed by atoms with E-state index >= 15 is 0 Å². The first-order valence-corrected chi connectivity index (χ1v) is 7.31. The van der Waals surface area contributed by atoms with Crippen LogP contribution in [0.2, 0.25) is 0 Å². The lowest BCUT2D eigenvalue weighted by Gasteiger charge is -2.20. The van der Waals surface area contributed by atoms with Crippen LogP contribution in [-0.4, -0.2) is 11.1 Å². The number of benzene rings is 1. The average Bonchev–Trinajstić information content (AvgIpc) is 2.59. The summed E-state index contributed by atoms with van der Waals surface area (Å²) in [6.45, 7) is 4.60. The highest BCUT2D eigenvalue weighted by molar-refractivity contribution is 5.47. The van der Waals surface area contributed by atoms with Crippen LogP contribution in [0.1, 0.15) is 46.0 Å². The highest BCUT2D eigenvalue weighted by Crippen LogP contribution is 2.30. The number of anilines is 1. The molecule has 1 aliphatic rings. The van der Waals surface area contributed by atoms with E-state index in [1.807, 2.05) is 0 Å². The molecule has 106 valence electrons. The minimum Gasteiger partial charge on any atom is -0.505 e. The van der Waals surface area contributed by atoms with Gasteiger partial charge in [0.15, 0.2) is 11.6 Å². The molecule has 0 radical (unpaired) electrons. The van der Waals surface area contributed by atoms with Crippen molar-refractivity contribution in [3.63, 3.8) is 0 Å². The van der Waals surface area contributed by atoms with Crippen molar-refractivity contribution in [2.24, 2.45) is 11.8 Å². The lowest BCUT2D eigenvalue weighted by atomic mass is 9.89. The molecular weight excluding hydrogens is 241 g/mol. The Morgan fingerprint density at radius 3 is 2.68 bits per heavy atom. The maximum atomic E-state index is 13.3. The molecule has 19 heavy (non-hydrogen) atoms. The minimum absolute atomic E-state index is 0.286. The van der Waals surface area contributed by atoms with Gasteiger partial charge in [-0.15, -0.1) is 0 Å². The molecule has 2 nitrogen and oxygen atoms in total. The van der Waals surface area contributed by atoms with E-state index in [2.05, 4.69) is 19.2 Å². The molecule has 0 amide bonds. The lowest BCUT2D eigenvalue weighted by molar-refractivity contribution is 0.341. The summed E-state index contributed by atoms with van der Waals surface area (Å²) in [5, 5.41) is 12.6. The summed E-state index contributed by atoms with van der Waals surface area (Å²) >= 11 is 0. The zero-order valence-corrected chi connectivity index (χ0v) is 11.8. The van der Waals surface area contributed by atoms with Gasteiger partial charge >= 0.3 is 0 Å². The number of phenols is 1. The normalized spacial score (nSPS) is 24.2. The molecular formula is C16H24FNO. The molecule has 2 atom stereocenters. The Labute approximate surface area is 115 Å². The van der Waals surface area contributed by atoms with Gasteiger partial charge in [-0.1, -0.05) is 26.7 Å². The van der Waals surface area contributed by atoms with Gasteiger partial charge in [0.05, 0.1) is 0 Å². The summed E-state index contributed by atoms with van der Waals surface area (Å²) < 4.78 is 13.3. The summed E-state index contributed by atoms with van der Waals surface area (Å²) in [4.78, 5) is 0. The Morgan fingerprint density at radius 2 is 2.00 bits per heavy atom. The van der Waals surface area contributed by atoms with Crippen molar-refractivity contribution in [2.45, 2.75) is 52.0 Å². The van der Waals surface area contributed by atoms with Crippen molar-refractivity contribution in [3.8, 4) is 5.75 Å². The number of aromatic hydroxyl groups is 1. The van der Waals surface area contributed by atoms with Gasteiger partial charge in [0.2, 0.25) is 0 Å². The molecule has 1 aromatic rings. The van der Waals surface area contributed by atoms with Gasteiger partial charge in [0.25, 0.3) is 0 Å². The van der Waals surface area contributed by atoms with Gasteiger partial charge in [-0.25, -0.2) is 4.39 Å². The molecule has 0 heterocycles. The molecule has 2 unspecified atom stereocenters. The summed E-state index contributed by atoms with van der Waals surface area (Å²) in [6.07, 6.45) is 6.08. The van der Waals surface area contributed by atoms with Crippen LogP contribution in [0.5, 0.6) is 5.75 Å². The third-order valence-corrected chi connectivity index (χ3v) is 4.27. The smallest absolute Gasteiger partial charge is 0.166 e. The zero-order valence-electron chi connectivity index (χ0n) is 11.8. The van der Waals surface area contributed by atoms with E-state index in [1.165, 1.54) is 31.4 Å². The molecule has 0 saturated heterocycles. The molecule has 1 saturated carbocycles. The fourth-order valence-electron chi connectivity index (χ4n) is 2.97. The summed E-state index contributed by atoms with van der Waals surface area (Å²) in [5.41, 5.74) is 0.767. The van der Waals surface area contributed by atoms with Crippen LogP contribution < -0.4 is 5.32 Å². The molecule has 2 rings (SSSR count). The van der Waals surface area contributed by atoms with Crippen molar-refractivity contribution in [1.82, 2.24) is 0 Å². The molecule has 1 aliphatic carbocycles. The van der Waals surface area contributed by atoms with Crippen molar-refractivity contribution >= 4 is 5.69 Å². The number of rotatable bonds is 3. The van der Waals surface area contributed by atoms with E-state index in [1.54, 1.807) is 6.07 Å². The van der Waals surface area contributed by atoms with Crippen molar-refractivity contribution in [2.75, 3.05) is 5.32 Å². The Kier molecular flexibility index (Phi) is 4.67. The molecule has 0 bridgehead atoms. The maximum Gasteiger partial charge on any atom is 0.166 e. The number of hydrogen-bond acceptors (Lipinski definition) is 2.